The molecule has 0 aromatic heterocycles. The van der Waals surface area contributed by atoms with Crippen molar-refractivity contribution in [2.45, 2.75) is 32.4 Å². The molecule has 2 nitrogen and oxygen atoms in total. The molecule has 116 valence electrons. The maximum atomic E-state index is 10.4. The number of hydrogen-bond acceptors (Lipinski definition) is 2. The molecule has 0 radical (unpaired) electrons. The molecule has 0 spiro atoms. The van der Waals surface area contributed by atoms with Gasteiger partial charge in [-0.25, -0.2) is 0 Å². The van der Waals surface area contributed by atoms with Gasteiger partial charge in [0.25, 0.3) is 0 Å². The summed E-state index contributed by atoms with van der Waals surface area (Å²) in [6.07, 6.45) is -0.321. The third-order valence-corrected chi connectivity index (χ3v) is 5.21. The number of aliphatic hydroxyl groups is 1. The molecule has 2 aromatic rings. The van der Waals surface area contributed by atoms with Gasteiger partial charge in [0.15, 0.2) is 0 Å². The van der Waals surface area contributed by atoms with Crippen LogP contribution in [0.3, 0.4) is 0 Å². The van der Waals surface area contributed by atoms with Gasteiger partial charge in [0, 0.05) is 31.0 Å². The minimum absolute atomic E-state index is 0.101. The lowest BCUT2D eigenvalue weighted by molar-refractivity contribution is 0.0475. The van der Waals surface area contributed by atoms with Crippen LogP contribution in [0.2, 0.25) is 0 Å². The van der Waals surface area contributed by atoms with Crippen molar-refractivity contribution >= 4 is 0 Å². The Kier molecular flexibility index (Phi) is 4.32. The van der Waals surface area contributed by atoms with E-state index in [1.165, 1.54) is 11.1 Å². The van der Waals surface area contributed by atoms with E-state index >= 15 is 0 Å². The second-order valence-corrected chi connectivity index (χ2v) is 6.80. The number of likely N-dealkylation sites (tertiary alicyclic amines) is 1. The minimum atomic E-state index is -0.321. The SMILES string of the molecule is C[C@@H](O)[C@]1(C)CN(Cc2ccccc2)C[C@H]1c1ccccc1. The van der Waals surface area contributed by atoms with Crippen LogP contribution in [0.1, 0.15) is 30.9 Å². The van der Waals surface area contributed by atoms with Gasteiger partial charge in [0.1, 0.15) is 0 Å². The maximum Gasteiger partial charge on any atom is 0.0584 e. The molecule has 1 fully saturated rings. The molecule has 2 aromatic carbocycles. The van der Waals surface area contributed by atoms with Gasteiger partial charge in [0.2, 0.25) is 0 Å². The van der Waals surface area contributed by atoms with Gasteiger partial charge in [-0.1, -0.05) is 67.6 Å². The number of aliphatic hydroxyl groups excluding tert-OH is 1. The number of hydrogen-bond donors (Lipinski definition) is 1. The Morgan fingerprint density at radius 1 is 1.09 bits per heavy atom. The monoisotopic (exact) mass is 295 g/mol. The summed E-state index contributed by atoms with van der Waals surface area (Å²) in [7, 11) is 0. The van der Waals surface area contributed by atoms with Crippen molar-refractivity contribution < 1.29 is 5.11 Å². The van der Waals surface area contributed by atoms with E-state index in [0.717, 1.165) is 19.6 Å². The highest BCUT2D eigenvalue weighted by molar-refractivity contribution is 5.26. The van der Waals surface area contributed by atoms with Crippen LogP contribution in [-0.2, 0) is 6.54 Å². The summed E-state index contributed by atoms with van der Waals surface area (Å²) in [4.78, 5) is 2.47. The molecular weight excluding hydrogens is 270 g/mol. The summed E-state index contributed by atoms with van der Waals surface area (Å²) in [5.41, 5.74) is 2.57. The molecule has 1 aliphatic heterocycles. The molecule has 0 saturated carbocycles. The van der Waals surface area contributed by atoms with Crippen molar-refractivity contribution in [2.75, 3.05) is 13.1 Å². The lowest BCUT2D eigenvalue weighted by Crippen LogP contribution is -2.36. The Balaban J connectivity index is 1.83. The summed E-state index contributed by atoms with van der Waals surface area (Å²) in [6, 6.07) is 21.2. The molecule has 3 rings (SSSR count). The van der Waals surface area contributed by atoms with Gasteiger partial charge in [-0.05, 0) is 18.1 Å². The summed E-state index contributed by atoms with van der Waals surface area (Å²) in [5, 5.41) is 10.4. The Hall–Kier alpha value is -1.64. The van der Waals surface area contributed by atoms with Crippen molar-refractivity contribution in [3.05, 3.63) is 71.8 Å². The molecule has 0 unspecified atom stereocenters. The first-order valence-corrected chi connectivity index (χ1v) is 8.09. The smallest absolute Gasteiger partial charge is 0.0584 e. The second-order valence-electron chi connectivity index (χ2n) is 6.80. The van der Waals surface area contributed by atoms with Crippen LogP contribution in [0.4, 0.5) is 0 Å². The fourth-order valence-corrected chi connectivity index (χ4v) is 3.68. The lowest BCUT2D eigenvalue weighted by Gasteiger charge is -2.34. The third kappa shape index (κ3) is 2.94. The predicted molar refractivity (Wildman–Crippen MR) is 90.7 cm³/mol. The van der Waals surface area contributed by atoms with E-state index in [4.69, 9.17) is 0 Å². The van der Waals surface area contributed by atoms with Crippen molar-refractivity contribution in [1.82, 2.24) is 4.90 Å². The van der Waals surface area contributed by atoms with Crippen LogP contribution in [-0.4, -0.2) is 29.2 Å². The summed E-state index contributed by atoms with van der Waals surface area (Å²) < 4.78 is 0. The van der Waals surface area contributed by atoms with E-state index in [1.807, 2.05) is 6.92 Å². The Bertz CT molecular complexity index is 596. The van der Waals surface area contributed by atoms with Crippen LogP contribution >= 0.6 is 0 Å². The van der Waals surface area contributed by atoms with E-state index in [-0.39, 0.29) is 11.5 Å². The van der Waals surface area contributed by atoms with Gasteiger partial charge in [-0.2, -0.15) is 0 Å². The van der Waals surface area contributed by atoms with E-state index in [2.05, 4.69) is 72.5 Å². The topological polar surface area (TPSA) is 23.5 Å². The fraction of sp³-hybridized carbons (Fsp3) is 0.400. The molecule has 0 amide bonds. The van der Waals surface area contributed by atoms with Crippen molar-refractivity contribution in [2.24, 2.45) is 5.41 Å². The standard InChI is InChI=1S/C20H25NO/c1-16(22)20(2)15-21(13-17-9-5-3-6-10-17)14-19(20)18-11-7-4-8-12-18/h3-12,16,19,22H,13-15H2,1-2H3/t16-,19+,20+/m1/s1. The first-order valence-electron chi connectivity index (χ1n) is 8.09. The lowest BCUT2D eigenvalue weighted by atomic mass is 9.72. The maximum absolute atomic E-state index is 10.4. The zero-order valence-electron chi connectivity index (χ0n) is 13.4. The number of benzene rings is 2. The van der Waals surface area contributed by atoms with Crippen molar-refractivity contribution in [3.63, 3.8) is 0 Å². The van der Waals surface area contributed by atoms with Crippen LogP contribution < -0.4 is 0 Å². The molecule has 0 bridgehead atoms. The van der Waals surface area contributed by atoms with E-state index in [0.29, 0.717) is 5.92 Å². The first kappa shape index (κ1) is 15.3. The van der Waals surface area contributed by atoms with Gasteiger partial charge in [-0.3, -0.25) is 4.90 Å². The fourth-order valence-electron chi connectivity index (χ4n) is 3.68. The molecule has 1 aliphatic rings. The molecule has 0 aliphatic carbocycles. The zero-order valence-corrected chi connectivity index (χ0v) is 13.4. The van der Waals surface area contributed by atoms with Gasteiger partial charge >= 0.3 is 0 Å². The highest BCUT2D eigenvalue weighted by atomic mass is 16.3. The van der Waals surface area contributed by atoms with Crippen LogP contribution in [0.5, 0.6) is 0 Å². The Morgan fingerprint density at radius 3 is 2.27 bits per heavy atom. The molecular formula is C20H25NO. The van der Waals surface area contributed by atoms with E-state index in [9.17, 15) is 5.11 Å². The van der Waals surface area contributed by atoms with Crippen LogP contribution in [0, 0.1) is 5.41 Å². The van der Waals surface area contributed by atoms with E-state index in [1.54, 1.807) is 0 Å². The van der Waals surface area contributed by atoms with Crippen LogP contribution in [0.25, 0.3) is 0 Å². The van der Waals surface area contributed by atoms with Gasteiger partial charge < -0.3 is 5.11 Å². The highest BCUT2D eigenvalue weighted by Crippen LogP contribution is 2.45. The Morgan fingerprint density at radius 2 is 1.68 bits per heavy atom. The quantitative estimate of drug-likeness (QED) is 0.930. The molecule has 2 heteroatoms. The normalized spacial score (nSPS) is 27.0. The zero-order chi connectivity index (χ0) is 15.6. The Labute approximate surface area is 133 Å². The van der Waals surface area contributed by atoms with Crippen molar-refractivity contribution in [1.29, 1.82) is 0 Å². The molecule has 1 saturated heterocycles. The van der Waals surface area contributed by atoms with Crippen molar-refractivity contribution in [3.8, 4) is 0 Å². The number of rotatable bonds is 4. The summed E-state index contributed by atoms with van der Waals surface area (Å²) in [5.74, 6) is 0.373. The third-order valence-electron chi connectivity index (χ3n) is 5.21. The largest absolute Gasteiger partial charge is 0.393 e. The highest BCUT2D eigenvalue weighted by Gasteiger charge is 2.46. The summed E-state index contributed by atoms with van der Waals surface area (Å²) >= 11 is 0. The van der Waals surface area contributed by atoms with Gasteiger partial charge in [-0.15, -0.1) is 0 Å². The molecule has 22 heavy (non-hydrogen) atoms. The predicted octanol–water partition coefficient (Wildman–Crippen LogP) is 3.67. The van der Waals surface area contributed by atoms with E-state index < -0.39 is 0 Å². The second kappa shape index (κ2) is 6.23. The number of nitrogens with zero attached hydrogens (tertiary/aromatic N) is 1. The van der Waals surface area contributed by atoms with Gasteiger partial charge in [0.05, 0.1) is 6.10 Å². The average molecular weight is 295 g/mol. The molecule has 1 heterocycles. The minimum Gasteiger partial charge on any atom is -0.393 e. The first-order chi connectivity index (χ1) is 10.6. The average Bonchev–Trinajstić information content (AvgIpc) is 2.87. The molecule has 1 N–H and O–H groups in total. The van der Waals surface area contributed by atoms with Crippen LogP contribution in [0.15, 0.2) is 60.7 Å². The molecule has 3 atom stereocenters. The summed E-state index contributed by atoms with van der Waals surface area (Å²) in [6.45, 7) is 7.04.